The van der Waals surface area contributed by atoms with E-state index in [1.54, 1.807) is 0 Å². The molecule has 0 bridgehead atoms. The Morgan fingerprint density at radius 1 is 0.774 bits per heavy atom. The van der Waals surface area contributed by atoms with E-state index in [0.717, 1.165) is 19.3 Å². The topological polar surface area (TPSA) is 72.3 Å². The number of hydrogen-bond acceptors (Lipinski definition) is 3. The zero-order valence-electron chi connectivity index (χ0n) is 20.9. The van der Waals surface area contributed by atoms with Crippen molar-refractivity contribution in [1.29, 1.82) is 0 Å². The van der Waals surface area contributed by atoms with Crippen LogP contribution in [-0.2, 0) is 4.79 Å². The maximum absolute atomic E-state index is 13.5. The molecule has 1 atom stereocenters. The van der Waals surface area contributed by atoms with Gasteiger partial charge in [-0.15, -0.1) is 0 Å². The Morgan fingerprint density at radius 3 is 1.65 bits per heavy atom. The summed E-state index contributed by atoms with van der Waals surface area (Å²) in [5.74, 6) is 0.677. The lowest BCUT2D eigenvalue weighted by atomic mass is 9.87. The van der Waals surface area contributed by atoms with Crippen LogP contribution in [0.15, 0.2) is 0 Å². The molecule has 31 heavy (non-hydrogen) atoms. The van der Waals surface area contributed by atoms with Gasteiger partial charge in [-0.1, -0.05) is 96.8 Å². The van der Waals surface area contributed by atoms with Crippen molar-refractivity contribution in [2.24, 2.45) is 17.4 Å². The lowest BCUT2D eigenvalue weighted by Gasteiger charge is -2.43. The van der Waals surface area contributed by atoms with Crippen LogP contribution < -0.4 is 11.5 Å². The fourth-order valence-electron chi connectivity index (χ4n) is 5.77. The summed E-state index contributed by atoms with van der Waals surface area (Å²) in [6, 6.07) is 1.06. The Labute approximate surface area is 193 Å². The molecule has 4 heteroatoms. The summed E-state index contributed by atoms with van der Waals surface area (Å²) in [6.07, 6.45) is 25.0. The lowest BCUT2D eigenvalue weighted by Crippen LogP contribution is -2.50. The fourth-order valence-corrected chi connectivity index (χ4v) is 5.77. The second-order valence-corrected chi connectivity index (χ2v) is 11.1. The van der Waals surface area contributed by atoms with E-state index in [2.05, 4.69) is 11.8 Å². The summed E-state index contributed by atoms with van der Waals surface area (Å²) < 4.78 is 0. The highest BCUT2D eigenvalue weighted by atomic mass is 16.2. The number of nitrogens with two attached hydrogens (primary N) is 2. The molecule has 0 radical (unpaired) electrons. The van der Waals surface area contributed by atoms with Crippen molar-refractivity contribution in [3.05, 3.63) is 0 Å². The van der Waals surface area contributed by atoms with Gasteiger partial charge in [-0.2, -0.15) is 0 Å². The second kappa shape index (κ2) is 14.5. The first kappa shape index (κ1) is 26.6. The molecule has 2 rings (SSSR count). The highest BCUT2D eigenvalue weighted by Crippen LogP contribution is 2.32. The van der Waals surface area contributed by atoms with Crippen LogP contribution in [0.3, 0.4) is 0 Å². The highest BCUT2D eigenvalue weighted by Gasteiger charge is 2.34. The summed E-state index contributed by atoms with van der Waals surface area (Å²) in [7, 11) is 0. The number of carbonyl (C=O) groups is 1. The first-order valence-electron chi connectivity index (χ1n) is 13.8. The quantitative estimate of drug-likeness (QED) is 0.237. The number of hydrogen-bond donors (Lipinski definition) is 2. The van der Waals surface area contributed by atoms with E-state index in [1.807, 2.05) is 6.92 Å². The third kappa shape index (κ3) is 10.7. The normalized spacial score (nSPS) is 20.0. The monoisotopic (exact) mass is 435 g/mol. The predicted octanol–water partition coefficient (Wildman–Crippen LogP) is 6.65. The van der Waals surface area contributed by atoms with Gasteiger partial charge in [-0.3, -0.25) is 4.79 Å². The Bertz CT molecular complexity index is 457. The van der Waals surface area contributed by atoms with Crippen LogP contribution in [0.5, 0.6) is 0 Å². The SMILES string of the molecule is CC(CCCCCCCCCCC(C)(N)N)C(=O)N(C1CCCCC1)C1CCCCC1. The summed E-state index contributed by atoms with van der Waals surface area (Å²) in [6.45, 7) is 4.10. The molecule has 0 saturated heterocycles. The van der Waals surface area contributed by atoms with E-state index in [4.69, 9.17) is 11.5 Å². The Hall–Kier alpha value is -0.610. The average molecular weight is 436 g/mol. The van der Waals surface area contributed by atoms with Gasteiger partial charge in [0, 0.05) is 18.0 Å². The molecule has 0 aromatic rings. The van der Waals surface area contributed by atoms with Crippen LogP contribution in [-0.4, -0.2) is 28.6 Å². The van der Waals surface area contributed by atoms with E-state index in [-0.39, 0.29) is 5.92 Å². The van der Waals surface area contributed by atoms with Gasteiger partial charge in [-0.25, -0.2) is 0 Å². The van der Waals surface area contributed by atoms with Gasteiger partial charge in [0.05, 0.1) is 5.66 Å². The van der Waals surface area contributed by atoms with Gasteiger partial charge < -0.3 is 16.4 Å². The number of rotatable bonds is 14. The number of carbonyl (C=O) groups excluding carboxylic acids is 1. The Morgan fingerprint density at radius 2 is 1.19 bits per heavy atom. The molecule has 182 valence electrons. The second-order valence-electron chi connectivity index (χ2n) is 11.1. The molecule has 0 aliphatic heterocycles. The van der Waals surface area contributed by atoms with Crippen LogP contribution in [0.25, 0.3) is 0 Å². The summed E-state index contributed by atoms with van der Waals surface area (Å²) in [5, 5.41) is 0. The molecule has 0 aromatic heterocycles. The summed E-state index contributed by atoms with van der Waals surface area (Å²) in [5.41, 5.74) is 11.2. The average Bonchev–Trinajstić information content (AvgIpc) is 2.75. The van der Waals surface area contributed by atoms with Gasteiger partial charge in [0.1, 0.15) is 0 Å². The third-order valence-corrected chi connectivity index (χ3v) is 7.71. The molecular weight excluding hydrogens is 382 g/mol. The van der Waals surface area contributed by atoms with Gasteiger partial charge in [0.25, 0.3) is 0 Å². The summed E-state index contributed by atoms with van der Waals surface area (Å²) in [4.78, 5) is 15.9. The van der Waals surface area contributed by atoms with Crippen LogP contribution in [0.1, 0.15) is 142 Å². The molecule has 0 spiro atoms. The molecule has 1 amide bonds. The fraction of sp³-hybridized carbons (Fsp3) is 0.963. The minimum Gasteiger partial charge on any atom is -0.337 e. The summed E-state index contributed by atoms with van der Waals surface area (Å²) >= 11 is 0. The van der Waals surface area contributed by atoms with Crippen LogP contribution in [0.4, 0.5) is 0 Å². The zero-order valence-corrected chi connectivity index (χ0v) is 20.9. The minimum absolute atomic E-state index is 0.200. The highest BCUT2D eigenvalue weighted by molar-refractivity contribution is 5.79. The standard InChI is InChI=1S/C27H53N3O/c1-23(17-11-7-5-3-4-6-8-16-22-27(2,28)29)26(31)30(24-18-12-9-13-19-24)25-20-14-10-15-21-25/h23-25H,3-22,28-29H2,1-2H3. The van der Waals surface area contributed by atoms with Crippen molar-refractivity contribution in [1.82, 2.24) is 4.90 Å². The number of amides is 1. The van der Waals surface area contributed by atoms with E-state index in [1.165, 1.54) is 109 Å². The molecule has 2 aliphatic carbocycles. The van der Waals surface area contributed by atoms with Crippen LogP contribution in [0, 0.1) is 5.92 Å². The molecule has 4 nitrogen and oxygen atoms in total. The zero-order chi connectivity index (χ0) is 22.5. The molecule has 1 unspecified atom stereocenters. The van der Waals surface area contributed by atoms with Gasteiger partial charge >= 0.3 is 0 Å². The van der Waals surface area contributed by atoms with Crippen LogP contribution in [0.2, 0.25) is 0 Å². The lowest BCUT2D eigenvalue weighted by molar-refractivity contribution is -0.142. The van der Waals surface area contributed by atoms with Crippen molar-refractivity contribution >= 4 is 5.91 Å². The molecular formula is C27H53N3O. The van der Waals surface area contributed by atoms with E-state index >= 15 is 0 Å². The van der Waals surface area contributed by atoms with Crippen molar-refractivity contribution in [3.63, 3.8) is 0 Å². The van der Waals surface area contributed by atoms with Gasteiger partial charge in [-0.05, 0) is 45.4 Å². The van der Waals surface area contributed by atoms with Gasteiger partial charge in [0.15, 0.2) is 0 Å². The van der Waals surface area contributed by atoms with E-state index in [9.17, 15) is 4.79 Å². The Kier molecular flexibility index (Phi) is 12.5. The van der Waals surface area contributed by atoms with Gasteiger partial charge in [0.2, 0.25) is 5.91 Å². The molecule has 0 heterocycles. The van der Waals surface area contributed by atoms with Crippen molar-refractivity contribution in [2.45, 2.75) is 160 Å². The van der Waals surface area contributed by atoms with Crippen molar-refractivity contribution < 1.29 is 4.79 Å². The third-order valence-electron chi connectivity index (χ3n) is 7.71. The first-order chi connectivity index (χ1) is 14.9. The number of nitrogens with zero attached hydrogens (tertiary/aromatic N) is 1. The Balaban J connectivity index is 1.62. The van der Waals surface area contributed by atoms with E-state index < -0.39 is 5.66 Å². The maximum atomic E-state index is 13.5. The molecule has 2 saturated carbocycles. The van der Waals surface area contributed by atoms with Crippen molar-refractivity contribution in [2.75, 3.05) is 0 Å². The largest absolute Gasteiger partial charge is 0.337 e. The smallest absolute Gasteiger partial charge is 0.225 e. The van der Waals surface area contributed by atoms with E-state index in [0.29, 0.717) is 18.0 Å². The minimum atomic E-state index is -0.502. The molecule has 0 aromatic carbocycles. The molecule has 2 fully saturated rings. The van der Waals surface area contributed by atoms with Crippen molar-refractivity contribution in [3.8, 4) is 0 Å². The number of unbranched alkanes of at least 4 members (excludes halogenated alkanes) is 7. The maximum Gasteiger partial charge on any atom is 0.225 e. The van der Waals surface area contributed by atoms with Crippen LogP contribution >= 0.6 is 0 Å². The first-order valence-corrected chi connectivity index (χ1v) is 13.8. The molecule has 2 aliphatic rings. The molecule has 4 N–H and O–H groups in total. The predicted molar refractivity (Wildman–Crippen MR) is 133 cm³/mol.